The molecule has 0 amide bonds. The standard InChI is InChI=1S/C12H25NO/c1-4-11(13-3)12(14-5-2)9-7-6-8-10-12/h11,13H,4-10H2,1-3H3. The van der Waals surface area contributed by atoms with Crippen molar-refractivity contribution in [3.05, 3.63) is 0 Å². The average molecular weight is 199 g/mol. The predicted octanol–water partition coefficient (Wildman–Crippen LogP) is 2.72. The van der Waals surface area contributed by atoms with Crippen molar-refractivity contribution in [2.75, 3.05) is 13.7 Å². The third-order valence-corrected chi connectivity index (χ3v) is 3.52. The molecule has 2 nitrogen and oxygen atoms in total. The van der Waals surface area contributed by atoms with Gasteiger partial charge in [-0.3, -0.25) is 0 Å². The molecule has 0 aromatic carbocycles. The monoisotopic (exact) mass is 199 g/mol. The van der Waals surface area contributed by atoms with Crippen molar-refractivity contribution in [2.45, 2.75) is 64.0 Å². The first-order valence-corrected chi connectivity index (χ1v) is 6.10. The molecule has 1 aliphatic rings. The molecule has 1 saturated carbocycles. The molecule has 1 N–H and O–H groups in total. The lowest BCUT2D eigenvalue weighted by Crippen LogP contribution is -2.52. The molecule has 1 fully saturated rings. The van der Waals surface area contributed by atoms with Crippen LogP contribution in [0.5, 0.6) is 0 Å². The molecule has 14 heavy (non-hydrogen) atoms. The van der Waals surface area contributed by atoms with Crippen LogP contribution < -0.4 is 5.32 Å². The Hall–Kier alpha value is -0.0800. The molecule has 84 valence electrons. The molecule has 1 unspecified atom stereocenters. The van der Waals surface area contributed by atoms with Gasteiger partial charge in [-0.05, 0) is 33.2 Å². The summed E-state index contributed by atoms with van der Waals surface area (Å²) < 4.78 is 6.05. The number of hydrogen-bond donors (Lipinski definition) is 1. The molecule has 1 rings (SSSR count). The summed E-state index contributed by atoms with van der Waals surface area (Å²) in [6.07, 6.45) is 7.68. The zero-order valence-electron chi connectivity index (χ0n) is 9.94. The molecule has 0 bridgehead atoms. The first kappa shape index (κ1) is 12.0. The highest BCUT2D eigenvalue weighted by Crippen LogP contribution is 2.35. The minimum atomic E-state index is 0.135. The molecule has 1 aliphatic carbocycles. The Balaban J connectivity index is 2.67. The van der Waals surface area contributed by atoms with E-state index in [-0.39, 0.29) is 5.60 Å². The first-order chi connectivity index (χ1) is 6.79. The quantitative estimate of drug-likeness (QED) is 0.735. The fourth-order valence-corrected chi connectivity index (χ4v) is 2.87. The van der Waals surface area contributed by atoms with E-state index in [9.17, 15) is 0 Å². The van der Waals surface area contributed by atoms with E-state index in [4.69, 9.17) is 4.74 Å². The zero-order chi connectivity index (χ0) is 10.4. The van der Waals surface area contributed by atoms with Gasteiger partial charge in [0.1, 0.15) is 0 Å². The summed E-state index contributed by atoms with van der Waals surface area (Å²) in [7, 11) is 2.06. The van der Waals surface area contributed by atoms with Crippen LogP contribution in [0, 0.1) is 0 Å². The maximum atomic E-state index is 6.05. The van der Waals surface area contributed by atoms with Crippen molar-refractivity contribution in [3.63, 3.8) is 0 Å². The molecule has 1 atom stereocenters. The van der Waals surface area contributed by atoms with Gasteiger partial charge >= 0.3 is 0 Å². The lowest BCUT2D eigenvalue weighted by atomic mass is 9.78. The molecule has 0 saturated heterocycles. The number of likely N-dealkylation sites (N-methyl/N-ethyl adjacent to an activating group) is 1. The van der Waals surface area contributed by atoms with Gasteiger partial charge in [0, 0.05) is 12.6 Å². The predicted molar refractivity (Wildman–Crippen MR) is 60.6 cm³/mol. The molecule has 0 aliphatic heterocycles. The van der Waals surface area contributed by atoms with Gasteiger partial charge < -0.3 is 10.1 Å². The number of rotatable bonds is 5. The summed E-state index contributed by atoms with van der Waals surface area (Å²) in [5.41, 5.74) is 0.135. The average Bonchev–Trinajstić information content (AvgIpc) is 2.21. The van der Waals surface area contributed by atoms with Crippen LogP contribution >= 0.6 is 0 Å². The van der Waals surface area contributed by atoms with Crippen molar-refractivity contribution in [1.82, 2.24) is 5.32 Å². The lowest BCUT2D eigenvalue weighted by Gasteiger charge is -2.43. The molecule has 0 aromatic heterocycles. The third kappa shape index (κ3) is 2.48. The second kappa shape index (κ2) is 5.72. The van der Waals surface area contributed by atoms with E-state index in [2.05, 4.69) is 26.2 Å². The van der Waals surface area contributed by atoms with Crippen LogP contribution in [-0.2, 0) is 4.74 Å². The zero-order valence-corrected chi connectivity index (χ0v) is 9.94. The maximum Gasteiger partial charge on any atom is 0.0834 e. The Labute approximate surface area is 88.4 Å². The van der Waals surface area contributed by atoms with E-state index in [1.54, 1.807) is 0 Å². The molecular weight excluding hydrogens is 174 g/mol. The summed E-state index contributed by atoms with van der Waals surface area (Å²) in [5, 5.41) is 3.42. The summed E-state index contributed by atoms with van der Waals surface area (Å²) in [6.45, 7) is 5.20. The highest BCUT2D eigenvalue weighted by Gasteiger charge is 2.38. The van der Waals surface area contributed by atoms with E-state index in [1.165, 1.54) is 32.1 Å². The van der Waals surface area contributed by atoms with E-state index < -0.39 is 0 Å². The molecule has 0 heterocycles. The second-order valence-electron chi connectivity index (χ2n) is 4.31. The van der Waals surface area contributed by atoms with Gasteiger partial charge in [0.2, 0.25) is 0 Å². The Morgan fingerprint density at radius 3 is 2.29 bits per heavy atom. The van der Waals surface area contributed by atoms with Crippen molar-refractivity contribution in [2.24, 2.45) is 0 Å². The molecular formula is C12H25NO. The highest BCUT2D eigenvalue weighted by molar-refractivity contribution is 4.94. The first-order valence-electron chi connectivity index (χ1n) is 6.10. The van der Waals surface area contributed by atoms with E-state index >= 15 is 0 Å². The van der Waals surface area contributed by atoms with Crippen LogP contribution in [0.1, 0.15) is 52.4 Å². The second-order valence-corrected chi connectivity index (χ2v) is 4.31. The highest BCUT2D eigenvalue weighted by atomic mass is 16.5. The third-order valence-electron chi connectivity index (χ3n) is 3.52. The maximum absolute atomic E-state index is 6.05. The summed E-state index contributed by atoms with van der Waals surface area (Å²) in [5.74, 6) is 0. The van der Waals surface area contributed by atoms with Gasteiger partial charge in [-0.15, -0.1) is 0 Å². The molecule has 2 heteroatoms. The van der Waals surface area contributed by atoms with Crippen LogP contribution in [0.3, 0.4) is 0 Å². The Morgan fingerprint density at radius 1 is 1.21 bits per heavy atom. The van der Waals surface area contributed by atoms with Crippen molar-refractivity contribution in [3.8, 4) is 0 Å². The summed E-state index contributed by atoms with van der Waals surface area (Å²) in [6, 6.07) is 0.530. The van der Waals surface area contributed by atoms with Crippen molar-refractivity contribution in [1.29, 1.82) is 0 Å². The van der Waals surface area contributed by atoms with Gasteiger partial charge in [-0.25, -0.2) is 0 Å². The Bertz CT molecular complexity index is 143. The van der Waals surface area contributed by atoms with Crippen LogP contribution in [0.25, 0.3) is 0 Å². The van der Waals surface area contributed by atoms with Gasteiger partial charge in [0.15, 0.2) is 0 Å². The number of nitrogens with one attached hydrogen (secondary N) is 1. The Kier molecular flexibility index (Phi) is 4.90. The van der Waals surface area contributed by atoms with Gasteiger partial charge in [0.25, 0.3) is 0 Å². The minimum Gasteiger partial charge on any atom is -0.374 e. The molecule has 0 radical (unpaired) electrons. The van der Waals surface area contributed by atoms with E-state index in [1.807, 2.05) is 0 Å². The van der Waals surface area contributed by atoms with Gasteiger partial charge in [-0.2, -0.15) is 0 Å². The van der Waals surface area contributed by atoms with Crippen molar-refractivity contribution >= 4 is 0 Å². The van der Waals surface area contributed by atoms with Crippen LogP contribution in [-0.4, -0.2) is 25.3 Å². The van der Waals surface area contributed by atoms with E-state index in [0.717, 1.165) is 13.0 Å². The topological polar surface area (TPSA) is 21.3 Å². The minimum absolute atomic E-state index is 0.135. The van der Waals surface area contributed by atoms with Crippen LogP contribution in [0.15, 0.2) is 0 Å². The fraction of sp³-hybridized carbons (Fsp3) is 1.00. The van der Waals surface area contributed by atoms with Gasteiger partial charge in [0.05, 0.1) is 5.60 Å². The smallest absolute Gasteiger partial charge is 0.0834 e. The van der Waals surface area contributed by atoms with E-state index in [0.29, 0.717) is 6.04 Å². The SMILES string of the molecule is CCOC1(C(CC)NC)CCCCC1. The van der Waals surface area contributed by atoms with Crippen LogP contribution in [0.4, 0.5) is 0 Å². The largest absolute Gasteiger partial charge is 0.374 e. The molecule has 0 spiro atoms. The van der Waals surface area contributed by atoms with Crippen molar-refractivity contribution < 1.29 is 4.74 Å². The number of ether oxygens (including phenoxy) is 1. The molecule has 0 aromatic rings. The number of hydrogen-bond acceptors (Lipinski definition) is 2. The van der Waals surface area contributed by atoms with Gasteiger partial charge in [-0.1, -0.05) is 26.2 Å². The van der Waals surface area contributed by atoms with Crippen LogP contribution in [0.2, 0.25) is 0 Å². The normalized spacial score (nSPS) is 23.4. The Morgan fingerprint density at radius 2 is 1.86 bits per heavy atom. The lowest BCUT2D eigenvalue weighted by molar-refractivity contribution is -0.0891. The fourth-order valence-electron chi connectivity index (χ4n) is 2.87. The summed E-state index contributed by atoms with van der Waals surface area (Å²) >= 11 is 0. The summed E-state index contributed by atoms with van der Waals surface area (Å²) in [4.78, 5) is 0.